The van der Waals surface area contributed by atoms with E-state index in [1.165, 1.54) is 12.1 Å². The largest absolute Gasteiger partial charge is 0.421 e. The second-order valence-electron chi connectivity index (χ2n) is 5.64. The molecular weight excluding hydrogens is 316 g/mol. The Bertz CT molecular complexity index is 791. The average Bonchev–Trinajstić information content (AvgIpc) is 2.46. The SMILES string of the molecule is Cc1cc(=O)n(CCCCCCn2c(=O)cc(C)oc2=O)c(=O)o1. The van der Waals surface area contributed by atoms with Gasteiger partial charge in [0.15, 0.2) is 0 Å². The summed E-state index contributed by atoms with van der Waals surface area (Å²) in [6.45, 7) is 3.68. The van der Waals surface area contributed by atoms with Gasteiger partial charge in [0.25, 0.3) is 11.1 Å². The quantitative estimate of drug-likeness (QED) is 0.692. The first-order valence-electron chi connectivity index (χ1n) is 7.81. The molecule has 0 amide bonds. The fraction of sp³-hybridized carbons (Fsp3) is 0.500. The van der Waals surface area contributed by atoms with Crippen molar-refractivity contribution in [2.45, 2.75) is 52.6 Å². The van der Waals surface area contributed by atoms with Crippen molar-refractivity contribution >= 4 is 0 Å². The van der Waals surface area contributed by atoms with Crippen LogP contribution in [0.3, 0.4) is 0 Å². The van der Waals surface area contributed by atoms with Crippen LogP contribution in [0.15, 0.2) is 40.1 Å². The van der Waals surface area contributed by atoms with Crippen LogP contribution in [-0.2, 0) is 13.1 Å². The van der Waals surface area contributed by atoms with Crippen molar-refractivity contribution in [1.29, 1.82) is 0 Å². The molecule has 0 fully saturated rings. The average molecular weight is 336 g/mol. The molecule has 0 atom stereocenters. The topological polar surface area (TPSA) is 104 Å². The Labute approximate surface area is 137 Å². The highest BCUT2D eigenvalue weighted by molar-refractivity contribution is 4.92. The van der Waals surface area contributed by atoms with Crippen molar-refractivity contribution in [3.05, 3.63) is 65.5 Å². The molecule has 130 valence electrons. The van der Waals surface area contributed by atoms with Gasteiger partial charge in [0.2, 0.25) is 0 Å². The van der Waals surface area contributed by atoms with E-state index in [1.54, 1.807) is 13.8 Å². The molecule has 2 rings (SSSR count). The Morgan fingerprint density at radius 3 is 1.42 bits per heavy atom. The minimum absolute atomic E-state index is 0.286. The van der Waals surface area contributed by atoms with Crippen molar-refractivity contribution < 1.29 is 8.83 Å². The van der Waals surface area contributed by atoms with Gasteiger partial charge in [0.05, 0.1) is 0 Å². The lowest BCUT2D eigenvalue weighted by Gasteiger charge is -2.05. The summed E-state index contributed by atoms with van der Waals surface area (Å²) in [5.74, 6) is -0.708. The summed E-state index contributed by atoms with van der Waals surface area (Å²) in [7, 11) is 0. The molecule has 0 saturated heterocycles. The van der Waals surface area contributed by atoms with E-state index in [2.05, 4.69) is 0 Å². The predicted octanol–water partition coefficient (Wildman–Crippen LogP) is 0.794. The van der Waals surface area contributed by atoms with E-state index in [0.717, 1.165) is 22.0 Å². The number of hydrogen-bond acceptors (Lipinski definition) is 6. The van der Waals surface area contributed by atoms with E-state index < -0.39 is 11.5 Å². The summed E-state index contributed by atoms with van der Waals surface area (Å²) in [5.41, 5.74) is -0.736. The molecule has 0 radical (unpaired) electrons. The van der Waals surface area contributed by atoms with E-state index in [0.29, 0.717) is 24.4 Å². The molecule has 0 N–H and O–H groups in total. The van der Waals surface area contributed by atoms with Crippen LogP contribution in [0.2, 0.25) is 0 Å². The molecule has 0 spiro atoms. The van der Waals surface area contributed by atoms with Gasteiger partial charge in [-0.2, -0.15) is 0 Å². The van der Waals surface area contributed by atoms with Gasteiger partial charge in [-0.25, -0.2) is 18.7 Å². The first kappa shape index (κ1) is 17.7. The second kappa shape index (κ2) is 7.76. The molecule has 0 aliphatic carbocycles. The number of aryl methyl sites for hydroxylation is 2. The van der Waals surface area contributed by atoms with Gasteiger partial charge in [-0.05, 0) is 26.7 Å². The Hall–Kier alpha value is -2.64. The third-order valence-electron chi connectivity index (χ3n) is 3.64. The summed E-state index contributed by atoms with van der Waals surface area (Å²) >= 11 is 0. The highest BCUT2D eigenvalue weighted by Crippen LogP contribution is 2.02. The second-order valence-corrected chi connectivity index (χ2v) is 5.64. The summed E-state index contributed by atoms with van der Waals surface area (Å²) in [6, 6.07) is 2.56. The number of aromatic nitrogens is 2. The summed E-state index contributed by atoms with van der Waals surface area (Å²) in [6.07, 6.45) is 2.77. The molecule has 2 aromatic heterocycles. The van der Waals surface area contributed by atoms with E-state index >= 15 is 0 Å². The molecule has 2 aromatic rings. The van der Waals surface area contributed by atoms with Crippen molar-refractivity contribution in [3.8, 4) is 0 Å². The first-order valence-corrected chi connectivity index (χ1v) is 7.81. The van der Waals surface area contributed by atoms with E-state index in [-0.39, 0.29) is 24.2 Å². The molecule has 0 bridgehead atoms. The van der Waals surface area contributed by atoms with Gasteiger partial charge in [0, 0.05) is 25.2 Å². The highest BCUT2D eigenvalue weighted by atomic mass is 16.4. The maximum atomic E-state index is 11.7. The lowest BCUT2D eigenvalue weighted by atomic mass is 10.2. The molecule has 0 aromatic carbocycles. The molecule has 24 heavy (non-hydrogen) atoms. The molecule has 8 heteroatoms. The zero-order valence-corrected chi connectivity index (χ0v) is 13.7. The molecule has 2 heterocycles. The monoisotopic (exact) mass is 336 g/mol. The fourth-order valence-corrected chi connectivity index (χ4v) is 2.42. The minimum atomic E-state index is -0.649. The van der Waals surface area contributed by atoms with Crippen molar-refractivity contribution in [1.82, 2.24) is 9.13 Å². The standard InChI is InChI=1S/C16H20N2O6/c1-11-9-13(19)17(15(21)23-11)7-5-3-4-6-8-18-14(20)10-12(2)24-16(18)22/h9-10H,3-8H2,1-2H3. The van der Waals surface area contributed by atoms with Gasteiger partial charge in [-0.3, -0.25) is 9.59 Å². The van der Waals surface area contributed by atoms with Crippen LogP contribution in [-0.4, -0.2) is 9.13 Å². The number of rotatable bonds is 7. The first-order chi connectivity index (χ1) is 11.4. The molecule has 0 aliphatic rings. The summed E-state index contributed by atoms with van der Waals surface area (Å²) in [4.78, 5) is 46.5. The molecule has 8 nitrogen and oxygen atoms in total. The lowest BCUT2D eigenvalue weighted by Crippen LogP contribution is -2.32. The van der Waals surface area contributed by atoms with Crippen LogP contribution in [0.25, 0.3) is 0 Å². The normalized spacial score (nSPS) is 10.9. The van der Waals surface area contributed by atoms with Crippen LogP contribution in [0.1, 0.15) is 37.2 Å². The Balaban J connectivity index is 1.81. The van der Waals surface area contributed by atoms with Crippen LogP contribution >= 0.6 is 0 Å². The smallest absolute Gasteiger partial charge is 0.415 e. The van der Waals surface area contributed by atoms with Crippen LogP contribution in [0.5, 0.6) is 0 Å². The Morgan fingerprint density at radius 1 is 0.708 bits per heavy atom. The molecule has 0 saturated carbocycles. The summed E-state index contributed by atoms with van der Waals surface area (Å²) < 4.78 is 11.9. The zero-order chi connectivity index (χ0) is 17.7. The van der Waals surface area contributed by atoms with Crippen molar-refractivity contribution in [2.24, 2.45) is 0 Å². The van der Waals surface area contributed by atoms with Gasteiger partial charge >= 0.3 is 11.5 Å². The number of nitrogens with zero attached hydrogens (tertiary/aromatic N) is 2. The number of unbranched alkanes of at least 4 members (excludes halogenated alkanes) is 3. The zero-order valence-electron chi connectivity index (χ0n) is 13.7. The van der Waals surface area contributed by atoms with E-state index in [4.69, 9.17) is 8.83 Å². The van der Waals surface area contributed by atoms with Gasteiger partial charge < -0.3 is 8.83 Å². The maximum absolute atomic E-state index is 11.7. The lowest BCUT2D eigenvalue weighted by molar-refractivity contribution is 0.382. The van der Waals surface area contributed by atoms with Crippen LogP contribution in [0, 0.1) is 13.8 Å². The van der Waals surface area contributed by atoms with Gasteiger partial charge in [-0.15, -0.1) is 0 Å². The van der Waals surface area contributed by atoms with E-state index in [9.17, 15) is 19.2 Å². The third kappa shape index (κ3) is 4.43. The fourth-order valence-electron chi connectivity index (χ4n) is 2.42. The summed E-state index contributed by atoms with van der Waals surface area (Å²) in [5, 5.41) is 0. The Kier molecular flexibility index (Phi) is 5.73. The van der Waals surface area contributed by atoms with Crippen LogP contribution < -0.4 is 22.6 Å². The Morgan fingerprint density at radius 2 is 1.08 bits per heavy atom. The number of hydrogen-bond donors (Lipinski definition) is 0. The van der Waals surface area contributed by atoms with Crippen LogP contribution in [0.4, 0.5) is 0 Å². The predicted molar refractivity (Wildman–Crippen MR) is 86.4 cm³/mol. The minimum Gasteiger partial charge on any atom is -0.415 e. The molecule has 0 unspecified atom stereocenters. The van der Waals surface area contributed by atoms with Gasteiger partial charge in [0.1, 0.15) is 11.5 Å². The molecule has 0 aliphatic heterocycles. The third-order valence-corrected chi connectivity index (χ3v) is 3.64. The maximum Gasteiger partial charge on any atom is 0.421 e. The molecular formula is C16H20N2O6. The van der Waals surface area contributed by atoms with E-state index in [1.807, 2.05) is 0 Å². The van der Waals surface area contributed by atoms with Gasteiger partial charge in [-0.1, -0.05) is 12.8 Å². The van der Waals surface area contributed by atoms with Crippen molar-refractivity contribution in [2.75, 3.05) is 0 Å². The van der Waals surface area contributed by atoms with Crippen molar-refractivity contribution in [3.63, 3.8) is 0 Å². The highest BCUT2D eigenvalue weighted by Gasteiger charge is 2.05.